The number of benzene rings is 2. The second-order valence-electron chi connectivity index (χ2n) is 5.05. The van der Waals surface area contributed by atoms with Crippen molar-refractivity contribution >= 4 is 17.5 Å². The van der Waals surface area contributed by atoms with Crippen molar-refractivity contribution in [2.45, 2.75) is 25.4 Å². The molecule has 2 rings (SSSR count). The fraction of sp³-hybridized carbons (Fsp3) is 0.235. The van der Waals surface area contributed by atoms with E-state index in [0.717, 1.165) is 11.1 Å². The number of rotatable bonds is 5. The Balaban J connectivity index is 1.96. The third kappa shape index (κ3) is 4.31. The van der Waals surface area contributed by atoms with E-state index in [1.165, 1.54) is 0 Å². The first-order chi connectivity index (χ1) is 10.1. The summed E-state index contributed by atoms with van der Waals surface area (Å²) in [6.45, 7) is 1.90. The molecule has 0 aliphatic carbocycles. The van der Waals surface area contributed by atoms with E-state index in [1.54, 1.807) is 0 Å². The molecular weight excluding hydrogens is 284 g/mol. The van der Waals surface area contributed by atoms with E-state index in [2.05, 4.69) is 5.32 Å². The highest BCUT2D eigenvalue weighted by Crippen LogP contribution is 2.22. The van der Waals surface area contributed by atoms with Crippen molar-refractivity contribution < 1.29 is 4.79 Å². The van der Waals surface area contributed by atoms with Crippen molar-refractivity contribution in [3.05, 3.63) is 70.7 Å². The SMILES string of the molecule is C[C@H](NC(=O)C(N)Cc1ccccc1)c1ccccc1Cl. The zero-order chi connectivity index (χ0) is 15.2. The molecule has 110 valence electrons. The van der Waals surface area contributed by atoms with Crippen LogP contribution in [-0.4, -0.2) is 11.9 Å². The van der Waals surface area contributed by atoms with Crippen molar-refractivity contribution in [1.29, 1.82) is 0 Å². The Bertz CT molecular complexity index is 601. The highest BCUT2D eigenvalue weighted by atomic mass is 35.5. The molecule has 0 aliphatic rings. The van der Waals surface area contributed by atoms with Crippen LogP contribution in [0.5, 0.6) is 0 Å². The second-order valence-corrected chi connectivity index (χ2v) is 5.46. The first-order valence-electron chi connectivity index (χ1n) is 6.92. The van der Waals surface area contributed by atoms with Gasteiger partial charge in [-0.05, 0) is 30.5 Å². The largest absolute Gasteiger partial charge is 0.348 e. The third-order valence-corrected chi connectivity index (χ3v) is 3.71. The van der Waals surface area contributed by atoms with E-state index < -0.39 is 6.04 Å². The van der Waals surface area contributed by atoms with Crippen molar-refractivity contribution in [2.75, 3.05) is 0 Å². The Morgan fingerprint density at radius 1 is 1.14 bits per heavy atom. The van der Waals surface area contributed by atoms with Gasteiger partial charge in [-0.25, -0.2) is 0 Å². The van der Waals surface area contributed by atoms with Crippen LogP contribution in [0.15, 0.2) is 54.6 Å². The molecule has 3 N–H and O–H groups in total. The fourth-order valence-electron chi connectivity index (χ4n) is 2.19. The van der Waals surface area contributed by atoms with Crippen molar-refractivity contribution in [1.82, 2.24) is 5.32 Å². The zero-order valence-corrected chi connectivity index (χ0v) is 12.7. The molecule has 0 aromatic heterocycles. The maximum atomic E-state index is 12.2. The molecule has 0 aliphatic heterocycles. The van der Waals surface area contributed by atoms with Gasteiger partial charge in [-0.15, -0.1) is 0 Å². The minimum absolute atomic E-state index is 0.173. The van der Waals surface area contributed by atoms with E-state index in [1.807, 2.05) is 61.5 Å². The smallest absolute Gasteiger partial charge is 0.237 e. The van der Waals surface area contributed by atoms with Crippen LogP contribution in [0.3, 0.4) is 0 Å². The van der Waals surface area contributed by atoms with Crippen LogP contribution in [0.2, 0.25) is 5.02 Å². The van der Waals surface area contributed by atoms with Crippen LogP contribution in [0.25, 0.3) is 0 Å². The van der Waals surface area contributed by atoms with Gasteiger partial charge >= 0.3 is 0 Å². The minimum Gasteiger partial charge on any atom is -0.348 e. The lowest BCUT2D eigenvalue weighted by Crippen LogP contribution is -2.43. The molecule has 0 radical (unpaired) electrons. The summed E-state index contributed by atoms with van der Waals surface area (Å²) in [4.78, 5) is 12.2. The summed E-state index contributed by atoms with van der Waals surface area (Å²) in [5, 5.41) is 3.55. The molecule has 3 nitrogen and oxygen atoms in total. The molecule has 0 fully saturated rings. The van der Waals surface area contributed by atoms with Gasteiger partial charge in [0.1, 0.15) is 0 Å². The van der Waals surface area contributed by atoms with Gasteiger partial charge in [0.25, 0.3) is 0 Å². The number of hydrogen-bond donors (Lipinski definition) is 2. The molecule has 21 heavy (non-hydrogen) atoms. The van der Waals surface area contributed by atoms with Crippen molar-refractivity contribution in [3.63, 3.8) is 0 Å². The Morgan fingerprint density at radius 2 is 1.76 bits per heavy atom. The first kappa shape index (κ1) is 15.5. The second kappa shape index (κ2) is 7.25. The first-order valence-corrected chi connectivity index (χ1v) is 7.30. The van der Waals surface area contributed by atoms with Crippen LogP contribution in [0, 0.1) is 0 Å². The highest BCUT2D eigenvalue weighted by Gasteiger charge is 2.18. The average molecular weight is 303 g/mol. The molecule has 0 saturated heterocycles. The lowest BCUT2D eigenvalue weighted by molar-refractivity contribution is -0.123. The van der Waals surface area contributed by atoms with E-state index >= 15 is 0 Å². The van der Waals surface area contributed by atoms with Crippen LogP contribution < -0.4 is 11.1 Å². The molecule has 2 atom stereocenters. The van der Waals surface area contributed by atoms with Gasteiger partial charge in [0.2, 0.25) is 5.91 Å². The normalized spacial score (nSPS) is 13.5. The predicted octanol–water partition coefficient (Wildman–Crippen LogP) is 3.09. The van der Waals surface area contributed by atoms with Gasteiger partial charge in [0.15, 0.2) is 0 Å². The quantitative estimate of drug-likeness (QED) is 0.892. The average Bonchev–Trinajstić information content (AvgIpc) is 2.48. The fourth-order valence-corrected chi connectivity index (χ4v) is 2.48. The predicted molar refractivity (Wildman–Crippen MR) is 86.1 cm³/mol. The monoisotopic (exact) mass is 302 g/mol. The number of carbonyl (C=O) groups is 1. The van der Waals surface area contributed by atoms with E-state index in [0.29, 0.717) is 11.4 Å². The molecule has 1 amide bonds. The molecule has 0 bridgehead atoms. The van der Waals surface area contributed by atoms with Gasteiger partial charge in [-0.2, -0.15) is 0 Å². The molecule has 0 heterocycles. The van der Waals surface area contributed by atoms with Crippen LogP contribution in [0.1, 0.15) is 24.1 Å². The lowest BCUT2D eigenvalue weighted by atomic mass is 10.0. The standard InChI is InChI=1S/C17H19ClN2O/c1-12(14-9-5-6-10-15(14)18)20-17(21)16(19)11-13-7-3-2-4-8-13/h2-10,12,16H,11,19H2,1H3,(H,20,21)/t12-,16?/m0/s1. The summed E-state index contributed by atoms with van der Waals surface area (Å²) in [6.07, 6.45) is 0.516. The van der Waals surface area contributed by atoms with Crippen molar-refractivity contribution in [3.8, 4) is 0 Å². The summed E-state index contributed by atoms with van der Waals surface area (Å²) < 4.78 is 0. The summed E-state index contributed by atoms with van der Waals surface area (Å²) in [6, 6.07) is 16.5. The molecule has 1 unspecified atom stereocenters. The third-order valence-electron chi connectivity index (χ3n) is 3.37. The van der Waals surface area contributed by atoms with E-state index in [4.69, 9.17) is 17.3 Å². The molecular formula is C17H19ClN2O. The molecule has 2 aromatic rings. The molecule has 2 aromatic carbocycles. The van der Waals surface area contributed by atoms with E-state index in [9.17, 15) is 4.79 Å². The molecule has 0 spiro atoms. The lowest BCUT2D eigenvalue weighted by Gasteiger charge is -2.19. The Morgan fingerprint density at radius 3 is 2.43 bits per heavy atom. The topological polar surface area (TPSA) is 55.1 Å². The van der Waals surface area contributed by atoms with Gasteiger partial charge in [0.05, 0.1) is 12.1 Å². The molecule has 4 heteroatoms. The number of carbonyl (C=O) groups excluding carboxylic acids is 1. The maximum Gasteiger partial charge on any atom is 0.237 e. The minimum atomic E-state index is -0.572. The summed E-state index contributed by atoms with van der Waals surface area (Å²) in [7, 11) is 0. The summed E-state index contributed by atoms with van der Waals surface area (Å²) >= 11 is 6.13. The van der Waals surface area contributed by atoms with E-state index in [-0.39, 0.29) is 11.9 Å². The molecule has 0 saturated carbocycles. The Kier molecular flexibility index (Phi) is 5.37. The zero-order valence-electron chi connectivity index (χ0n) is 11.9. The Labute approximate surface area is 130 Å². The number of nitrogens with two attached hydrogens (primary N) is 1. The van der Waals surface area contributed by atoms with Crippen LogP contribution >= 0.6 is 11.6 Å². The van der Waals surface area contributed by atoms with Gasteiger partial charge in [-0.3, -0.25) is 4.79 Å². The maximum absolute atomic E-state index is 12.2. The van der Waals surface area contributed by atoms with Gasteiger partial charge in [-0.1, -0.05) is 60.1 Å². The van der Waals surface area contributed by atoms with Crippen molar-refractivity contribution in [2.24, 2.45) is 5.73 Å². The van der Waals surface area contributed by atoms with Gasteiger partial charge in [0, 0.05) is 5.02 Å². The number of hydrogen-bond acceptors (Lipinski definition) is 2. The summed E-state index contributed by atoms with van der Waals surface area (Å²) in [5.41, 5.74) is 7.90. The number of halogens is 1. The summed E-state index contributed by atoms with van der Waals surface area (Å²) in [5.74, 6) is -0.175. The van der Waals surface area contributed by atoms with Crippen LogP contribution in [0.4, 0.5) is 0 Å². The van der Waals surface area contributed by atoms with Crippen LogP contribution in [-0.2, 0) is 11.2 Å². The number of amides is 1. The number of nitrogens with one attached hydrogen (secondary N) is 1. The van der Waals surface area contributed by atoms with Gasteiger partial charge < -0.3 is 11.1 Å². The highest BCUT2D eigenvalue weighted by molar-refractivity contribution is 6.31. The Hall–Kier alpha value is -1.84.